The number of hydrogen-bond donors (Lipinski definition) is 1. The second-order valence-electron chi connectivity index (χ2n) is 4.92. The van der Waals surface area contributed by atoms with Crippen LogP contribution < -0.4 is 14.8 Å². The van der Waals surface area contributed by atoms with Crippen molar-refractivity contribution in [2.75, 3.05) is 26.4 Å². The van der Waals surface area contributed by atoms with Gasteiger partial charge in [0, 0.05) is 12.4 Å². The Morgan fingerprint density at radius 3 is 2.44 bits per heavy atom. The van der Waals surface area contributed by atoms with Crippen molar-refractivity contribution in [3.8, 4) is 11.5 Å². The van der Waals surface area contributed by atoms with Gasteiger partial charge in [-0.05, 0) is 43.3 Å². The molecule has 0 atom stereocenters. The summed E-state index contributed by atoms with van der Waals surface area (Å²) in [5.41, 5.74) is 0.300. The molecule has 0 aliphatic carbocycles. The summed E-state index contributed by atoms with van der Waals surface area (Å²) in [5, 5.41) is 2.61. The van der Waals surface area contributed by atoms with E-state index in [1.165, 1.54) is 6.20 Å². The molecular weight excluding hydrogens is 324 g/mol. The average Bonchev–Trinajstić information content (AvgIpc) is 2.65. The second-order valence-corrected chi connectivity index (χ2v) is 4.92. The predicted octanol–water partition coefficient (Wildman–Crippen LogP) is 1.83. The molecular formula is C18H20N2O5. The molecule has 0 spiro atoms. The molecule has 1 amide bonds. The number of carbonyl (C=O) groups excluding carboxylic acids is 2. The largest absolute Gasteiger partial charge is 0.494 e. The first kappa shape index (κ1) is 18.3. The molecule has 0 saturated heterocycles. The summed E-state index contributed by atoms with van der Waals surface area (Å²) in [6, 6.07) is 10.4. The van der Waals surface area contributed by atoms with Gasteiger partial charge in [-0.25, -0.2) is 4.79 Å². The standard InChI is InChI=1S/C18H20N2O5/c1-2-23-15-5-7-16(8-6-15)24-11-10-20-17(21)13-25-18(22)14-4-3-9-19-12-14/h3-9,12H,2,10-11,13H2,1H3,(H,20,21). The Kier molecular flexibility index (Phi) is 7.24. The lowest BCUT2D eigenvalue weighted by Crippen LogP contribution is -2.32. The molecule has 2 aromatic rings. The van der Waals surface area contributed by atoms with Gasteiger partial charge in [0.05, 0.1) is 18.7 Å². The van der Waals surface area contributed by atoms with Gasteiger partial charge in [0.2, 0.25) is 0 Å². The molecule has 0 fully saturated rings. The van der Waals surface area contributed by atoms with Crippen LogP contribution in [0.25, 0.3) is 0 Å². The number of ether oxygens (including phenoxy) is 3. The fourth-order valence-electron chi connectivity index (χ4n) is 1.91. The van der Waals surface area contributed by atoms with Gasteiger partial charge >= 0.3 is 5.97 Å². The highest BCUT2D eigenvalue weighted by molar-refractivity contribution is 5.90. The third-order valence-corrected chi connectivity index (χ3v) is 3.06. The average molecular weight is 344 g/mol. The lowest BCUT2D eigenvalue weighted by molar-refractivity contribution is -0.124. The molecule has 7 heteroatoms. The highest BCUT2D eigenvalue weighted by atomic mass is 16.5. The van der Waals surface area contributed by atoms with E-state index in [9.17, 15) is 9.59 Å². The number of carbonyl (C=O) groups is 2. The van der Waals surface area contributed by atoms with E-state index in [2.05, 4.69) is 10.3 Å². The zero-order valence-electron chi connectivity index (χ0n) is 13.9. The first-order valence-electron chi connectivity index (χ1n) is 7.88. The first-order chi connectivity index (χ1) is 12.2. The molecule has 132 valence electrons. The van der Waals surface area contributed by atoms with Crippen LogP contribution >= 0.6 is 0 Å². The quantitative estimate of drug-likeness (QED) is 0.552. The lowest BCUT2D eigenvalue weighted by Gasteiger charge is -2.09. The van der Waals surface area contributed by atoms with Crippen LogP contribution in [0.4, 0.5) is 0 Å². The van der Waals surface area contributed by atoms with Crippen molar-refractivity contribution in [3.05, 3.63) is 54.4 Å². The van der Waals surface area contributed by atoms with Gasteiger partial charge in [-0.2, -0.15) is 0 Å². The summed E-state index contributed by atoms with van der Waals surface area (Å²) in [4.78, 5) is 27.1. The van der Waals surface area contributed by atoms with E-state index >= 15 is 0 Å². The summed E-state index contributed by atoms with van der Waals surface area (Å²) < 4.78 is 15.7. The van der Waals surface area contributed by atoms with E-state index in [0.29, 0.717) is 31.1 Å². The fraction of sp³-hybridized carbons (Fsp3) is 0.278. The number of hydrogen-bond acceptors (Lipinski definition) is 6. The minimum absolute atomic E-state index is 0.300. The Balaban J connectivity index is 1.61. The zero-order chi connectivity index (χ0) is 17.9. The number of amides is 1. The molecule has 0 unspecified atom stereocenters. The maximum atomic E-state index is 11.7. The maximum absolute atomic E-state index is 11.7. The van der Waals surface area contributed by atoms with E-state index in [-0.39, 0.29) is 6.61 Å². The molecule has 1 aromatic carbocycles. The van der Waals surface area contributed by atoms with Crippen molar-refractivity contribution in [1.29, 1.82) is 0 Å². The Hall–Kier alpha value is -3.09. The van der Waals surface area contributed by atoms with Gasteiger partial charge in [0.1, 0.15) is 18.1 Å². The van der Waals surface area contributed by atoms with Crippen LogP contribution in [0.5, 0.6) is 11.5 Å². The third kappa shape index (κ3) is 6.50. The van der Waals surface area contributed by atoms with Crippen LogP contribution in [-0.4, -0.2) is 43.2 Å². The zero-order valence-corrected chi connectivity index (χ0v) is 13.9. The predicted molar refractivity (Wildman–Crippen MR) is 90.6 cm³/mol. The summed E-state index contributed by atoms with van der Waals surface area (Å²) in [7, 11) is 0. The van der Waals surface area contributed by atoms with E-state index < -0.39 is 11.9 Å². The van der Waals surface area contributed by atoms with E-state index in [1.54, 1.807) is 30.5 Å². The molecule has 0 saturated carbocycles. The summed E-state index contributed by atoms with van der Waals surface area (Å²) in [6.07, 6.45) is 2.93. The number of aromatic nitrogens is 1. The number of nitrogens with zero attached hydrogens (tertiary/aromatic N) is 1. The van der Waals surface area contributed by atoms with Crippen LogP contribution in [0.3, 0.4) is 0 Å². The van der Waals surface area contributed by atoms with E-state index in [4.69, 9.17) is 14.2 Å². The molecule has 1 N–H and O–H groups in total. The van der Waals surface area contributed by atoms with Gasteiger partial charge in [-0.3, -0.25) is 9.78 Å². The number of benzene rings is 1. The van der Waals surface area contributed by atoms with Gasteiger partial charge < -0.3 is 19.5 Å². The van der Waals surface area contributed by atoms with Crippen LogP contribution in [0.1, 0.15) is 17.3 Å². The van der Waals surface area contributed by atoms with Gasteiger partial charge in [-0.15, -0.1) is 0 Å². The number of nitrogens with one attached hydrogen (secondary N) is 1. The minimum atomic E-state index is -0.589. The van der Waals surface area contributed by atoms with E-state index in [1.807, 2.05) is 19.1 Å². The third-order valence-electron chi connectivity index (χ3n) is 3.06. The highest BCUT2D eigenvalue weighted by Gasteiger charge is 2.09. The van der Waals surface area contributed by atoms with Gasteiger partial charge in [0.25, 0.3) is 5.91 Å². The fourth-order valence-corrected chi connectivity index (χ4v) is 1.91. The van der Waals surface area contributed by atoms with Crippen molar-refractivity contribution >= 4 is 11.9 Å². The first-order valence-corrected chi connectivity index (χ1v) is 7.88. The Morgan fingerprint density at radius 2 is 1.80 bits per heavy atom. The van der Waals surface area contributed by atoms with Crippen molar-refractivity contribution in [2.45, 2.75) is 6.92 Å². The topological polar surface area (TPSA) is 86.8 Å². The summed E-state index contributed by atoms with van der Waals surface area (Å²) >= 11 is 0. The molecule has 0 aliphatic rings. The van der Waals surface area contributed by atoms with Crippen molar-refractivity contribution in [2.24, 2.45) is 0 Å². The van der Waals surface area contributed by atoms with Crippen LogP contribution in [0.15, 0.2) is 48.8 Å². The summed E-state index contributed by atoms with van der Waals surface area (Å²) in [5.74, 6) is 0.473. The highest BCUT2D eigenvalue weighted by Crippen LogP contribution is 2.17. The van der Waals surface area contributed by atoms with Crippen molar-refractivity contribution in [1.82, 2.24) is 10.3 Å². The van der Waals surface area contributed by atoms with Gasteiger partial charge in [-0.1, -0.05) is 0 Å². The van der Waals surface area contributed by atoms with Crippen LogP contribution in [0, 0.1) is 0 Å². The maximum Gasteiger partial charge on any atom is 0.340 e. The smallest absolute Gasteiger partial charge is 0.340 e. The monoisotopic (exact) mass is 344 g/mol. The number of pyridine rings is 1. The Labute approximate surface area is 145 Å². The Bertz CT molecular complexity index is 674. The molecule has 0 radical (unpaired) electrons. The molecule has 2 rings (SSSR count). The van der Waals surface area contributed by atoms with Crippen molar-refractivity contribution < 1.29 is 23.8 Å². The van der Waals surface area contributed by atoms with Gasteiger partial charge in [0.15, 0.2) is 6.61 Å². The number of esters is 1. The van der Waals surface area contributed by atoms with E-state index in [0.717, 1.165) is 5.75 Å². The SMILES string of the molecule is CCOc1ccc(OCCNC(=O)COC(=O)c2cccnc2)cc1. The Morgan fingerprint density at radius 1 is 1.08 bits per heavy atom. The van der Waals surface area contributed by atoms with Crippen LogP contribution in [0.2, 0.25) is 0 Å². The lowest BCUT2D eigenvalue weighted by atomic mass is 10.3. The molecule has 1 heterocycles. The number of rotatable bonds is 9. The van der Waals surface area contributed by atoms with Crippen molar-refractivity contribution in [3.63, 3.8) is 0 Å². The minimum Gasteiger partial charge on any atom is -0.494 e. The molecule has 0 bridgehead atoms. The van der Waals surface area contributed by atoms with Crippen LogP contribution in [-0.2, 0) is 9.53 Å². The molecule has 1 aromatic heterocycles. The molecule has 7 nitrogen and oxygen atoms in total. The molecule has 0 aliphatic heterocycles. The second kappa shape index (κ2) is 9.92. The molecule has 25 heavy (non-hydrogen) atoms. The summed E-state index contributed by atoms with van der Waals surface area (Å²) in [6.45, 7) is 2.78. The normalized spacial score (nSPS) is 9.96.